The Kier molecular flexibility index (Phi) is 6.33. The number of aliphatic hydroxyl groups is 1. The highest BCUT2D eigenvalue weighted by Gasteiger charge is 2.24. The predicted octanol–water partition coefficient (Wildman–Crippen LogP) is 1.40. The average Bonchev–Trinajstić information content (AvgIpc) is 3.19. The maximum Gasteiger partial charge on any atom is 0.191 e. The van der Waals surface area contributed by atoms with Gasteiger partial charge in [-0.15, -0.1) is 11.3 Å². The molecule has 0 aromatic carbocycles. The Morgan fingerprint density at radius 3 is 2.75 bits per heavy atom. The molecule has 0 saturated heterocycles. The fourth-order valence-electron chi connectivity index (χ4n) is 2.13. The molecule has 2 rings (SSSR count). The number of rotatable bonds is 7. The Hall–Kier alpha value is -1.93. The second kappa shape index (κ2) is 8.25. The number of nitrogens with zero attached hydrogens (tertiary/aromatic N) is 4. The van der Waals surface area contributed by atoms with Gasteiger partial charge in [-0.25, -0.2) is 9.98 Å². The fourth-order valence-corrected chi connectivity index (χ4v) is 2.92. The normalized spacial score (nSPS) is 14.5. The van der Waals surface area contributed by atoms with Crippen molar-refractivity contribution in [1.82, 2.24) is 25.4 Å². The lowest BCUT2D eigenvalue weighted by Crippen LogP contribution is -2.44. The van der Waals surface area contributed by atoms with E-state index in [0.29, 0.717) is 19.0 Å². The first kappa shape index (κ1) is 18.4. The van der Waals surface area contributed by atoms with Crippen molar-refractivity contribution in [2.45, 2.75) is 39.3 Å². The van der Waals surface area contributed by atoms with Gasteiger partial charge in [0.05, 0.1) is 19.3 Å². The second-order valence-electron chi connectivity index (χ2n) is 5.80. The molecule has 0 saturated carbocycles. The quantitative estimate of drug-likeness (QED) is 0.519. The lowest BCUT2D eigenvalue weighted by atomic mass is 10.00. The largest absolute Gasteiger partial charge is 0.383 e. The molecule has 3 N–H and O–H groups in total. The molecule has 0 radical (unpaired) electrons. The molecule has 2 aromatic rings. The van der Waals surface area contributed by atoms with Crippen molar-refractivity contribution < 1.29 is 5.11 Å². The summed E-state index contributed by atoms with van der Waals surface area (Å²) < 4.78 is 1.68. The molecule has 0 bridgehead atoms. The summed E-state index contributed by atoms with van der Waals surface area (Å²) in [6, 6.07) is 0. The van der Waals surface area contributed by atoms with Crippen molar-refractivity contribution in [3.05, 3.63) is 34.0 Å². The standard InChI is InChI=1S/C16H26N6OS/c1-5-13-8-18-14(24-13)9-19-15(17-6-2)20-11-16(3,23)12-7-21-22(4)10-12/h7-8,10,23H,5-6,9,11H2,1-4H3,(H2,17,19,20). The molecule has 0 fully saturated rings. The molecule has 0 aliphatic rings. The summed E-state index contributed by atoms with van der Waals surface area (Å²) in [6.07, 6.45) is 6.39. The van der Waals surface area contributed by atoms with Gasteiger partial charge >= 0.3 is 0 Å². The number of thiazole rings is 1. The molecule has 2 aromatic heterocycles. The van der Waals surface area contributed by atoms with Crippen molar-refractivity contribution in [2.75, 3.05) is 13.1 Å². The Bertz CT molecular complexity index is 676. The maximum atomic E-state index is 10.6. The van der Waals surface area contributed by atoms with Gasteiger partial charge in [0.2, 0.25) is 0 Å². The van der Waals surface area contributed by atoms with Gasteiger partial charge in [0.1, 0.15) is 10.6 Å². The molecule has 7 nitrogen and oxygen atoms in total. The molecule has 0 amide bonds. The van der Waals surface area contributed by atoms with E-state index in [1.165, 1.54) is 4.88 Å². The minimum absolute atomic E-state index is 0.336. The molecular weight excluding hydrogens is 324 g/mol. The molecule has 1 atom stereocenters. The number of aromatic nitrogens is 3. The maximum absolute atomic E-state index is 10.6. The zero-order valence-corrected chi connectivity index (χ0v) is 15.5. The molecule has 132 valence electrons. The number of nitrogens with one attached hydrogen (secondary N) is 2. The number of aliphatic imine (C=N–C) groups is 1. The van der Waals surface area contributed by atoms with Gasteiger partial charge in [-0.1, -0.05) is 6.92 Å². The van der Waals surface area contributed by atoms with Crippen LogP contribution in [0.3, 0.4) is 0 Å². The summed E-state index contributed by atoms with van der Waals surface area (Å²) in [5, 5.41) is 22.1. The van der Waals surface area contributed by atoms with Gasteiger partial charge in [0.15, 0.2) is 5.96 Å². The van der Waals surface area contributed by atoms with Crippen LogP contribution in [0.15, 0.2) is 23.6 Å². The number of hydrogen-bond acceptors (Lipinski definition) is 5. The fraction of sp³-hybridized carbons (Fsp3) is 0.562. The van der Waals surface area contributed by atoms with Crippen LogP contribution in [0.4, 0.5) is 0 Å². The van der Waals surface area contributed by atoms with Crippen LogP contribution in [0, 0.1) is 0 Å². The SMILES string of the molecule is CCNC(=NCc1ncc(CC)s1)NCC(C)(O)c1cnn(C)c1. The van der Waals surface area contributed by atoms with Crippen LogP contribution in [0.25, 0.3) is 0 Å². The molecule has 2 heterocycles. The third-order valence-corrected chi connectivity index (χ3v) is 4.72. The monoisotopic (exact) mass is 350 g/mol. The summed E-state index contributed by atoms with van der Waals surface area (Å²) in [6.45, 7) is 7.49. The highest BCUT2D eigenvalue weighted by atomic mass is 32.1. The molecule has 1 unspecified atom stereocenters. The van der Waals surface area contributed by atoms with Crippen molar-refractivity contribution in [2.24, 2.45) is 12.0 Å². The molecule has 0 aliphatic carbocycles. The summed E-state index contributed by atoms with van der Waals surface area (Å²) >= 11 is 1.68. The first-order chi connectivity index (χ1) is 11.4. The van der Waals surface area contributed by atoms with E-state index in [9.17, 15) is 5.11 Å². The van der Waals surface area contributed by atoms with Crippen molar-refractivity contribution in [3.8, 4) is 0 Å². The average molecular weight is 350 g/mol. The molecule has 0 aliphatic heterocycles. The highest BCUT2D eigenvalue weighted by Crippen LogP contribution is 2.18. The van der Waals surface area contributed by atoms with Crippen LogP contribution >= 0.6 is 11.3 Å². The third-order valence-electron chi connectivity index (χ3n) is 3.59. The third kappa shape index (κ3) is 5.04. The Labute approximate surface area is 146 Å². The first-order valence-corrected chi connectivity index (χ1v) is 8.93. The van der Waals surface area contributed by atoms with Crippen molar-refractivity contribution in [3.63, 3.8) is 0 Å². The van der Waals surface area contributed by atoms with Gasteiger partial charge in [0.25, 0.3) is 0 Å². The van der Waals surface area contributed by atoms with E-state index in [0.717, 1.165) is 23.5 Å². The van der Waals surface area contributed by atoms with Gasteiger partial charge in [0, 0.05) is 36.4 Å². The summed E-state index contributed by atoms with van der Waals surface area (Å²) in [5.41, 5.74) is -0.262. The predicted molar refractivity (Wildman–Crippen MR) is 97.1 cm³/mol. The van der Waals surface area contributed by atoms with Gasteiger partial charge in [-0.05, 0) is 20.3 Å². The zero-order valence-electron chi connectivity index (χ0n) is 14.7. The smallest absolute Gasteiger partial charge is 0.191 e. The minimum Gasteiger partial charge on any atom is -0.383 e. The van der Waals surface area contributed by atoms with Crippen LogP contribution in [0.2, 0.25) is 0 Å². The van der Waals surface area contributed by atoms with Crippen LogP contribution in [-0.4, -0.2) is 38.9 Å². The summed E-state index contributed by atoms with van der Waals surface area (Å²) in [7, 11) is 1.83. The highest BCUT2D eigenvalue weighted by molar-refractivity contribution is 7.11. The van der Waals surface area contributed by atoms with Crippen LogP contribution in [0.1, 0.15) is 36.2 Å². The van der Waals surface area contributed by atoms with Crippen LogP contribution in [-0.2, 0) is 25.6 Å². The van der Waals surface area contributed by atoms with Gasteiger partial charge in [-0.2, -0.15) is 5.10 Å². The van der Waals surface area contributed by atoms with Crippen molar-refractivity contribution in [1.29, 1.82) is 0 Å². The van der Waals surface area contributed by atoms with E-state index in [2.05, 4.69) is 32.6 Å². The minimum atomic E-state index is -1.03. The second-order valence-corrected chi connectivity index (χ2v) is 7.00. The Morgan fingerprint density at radius 1 is 1.38 bits per heavy atom. The topological polar surface area (TPSA) is 87.4 Å². The lowest BCUT2D eigenvalue weighted by molar-refractivity contribution is 0.0616. The number of hydrogen-bond donors (Lipinski definition) is 3. The van der Waals surface area contributed by atoms with E-state index in [1.807, 2.05) is 26.4 Å². The first-order valence-electron chi connectivity index (χ1n) is 8.12. The van der Waals surface area contributed by atoms with E-state index in [1.54, 1.807) is 29.1 Å². The van der Waals surface area contributed by atoms with E-state index < -0.39 is 5.60 Å². The zero-order chi connectivity index (χ0) is 17.6. The number of guanidine groups is 1. The van der Waals surface area contributed by atoms with E-state index in [4.69, 9.17) is 0 Å². The molecular formula is C16H26N6OS. The Morgan fingerprint density at radius 2 is 2.17 bits per heavy atom. The summed E-state index contributed by atoms with van der Waals surface area (Å²) in [5.74, 6) is 0.662. The molecule has 24 heavy (non-hydrogen) atoms. The van der Waals surface area contributed by atoms with Gasteiger partial charge in [-0.3, -0.25) is 4.68 Å². The Balaban J connectivity index is 1.98. The van der Waals surface area contributed by atoms with Gasteiger partial charge < -0.3 is 15.7 Å². The number of aryl methyl sites for hydroxylation is 2. The molecule has 8 heteroatoms. The van der Waals surface area contributed by atoms with Crippen LogP contribution in [0.5, 0.6) is 0 Å². The lowest BCUT2D eigenvalue weighted by Gasteiger charge is -2.23. The van der Waals surface area contributed by atoms with Crippen molar-refractivity contribution >= 4 is 17.3 Å². The van der Waals surface area contributed by atoms with E-state index in [-0.39, 0.29) is 0 Å². The molecule has 0 spiro atoms. The summed E-state index contributed by atoms with van der Waals surface area (Å²) in [4.78, 5) is 10.2. The van der Waals surface area contributed by atoms with E-state index >= 15 is 0 Å². The van der Waals surface area contributed by atoms with Crippen LogP contribution < -0.4 is 10.6 Å².